The molecule has 10 atom stereocenters. The maximum absolute atomic E-state index is 12.1. The maximum atomic E-state index is 12.1. The van der Waals surface area contributed by atoms with Crippen molar-refractivity contribution in [3.05, 3.63) is 0 Å². The van der Waals surface area contributed by atoms with Gasteiger partial charge in [0.25, 0.3) is 0 Å². The third-order valence-corrected chi connectivity index (χ3v) is 11.9. The first-order chi connectivity index (χ1) is 14.1. The Morgan fingerprint density at radius 3 is 2.27 bits per heavy atom. The molecule has 1 nitrogen and oxygen atoms in total. The summed E-state index contributed by atoms with van der Waals surface area (Å²) in [5.74, 6) is 8.32. The van der Waals surface area contributed by atoms with Crippen LogP contribution in [-0.2, 0) is 4.79 Å². The lowest BCUT2D eigenvalue weighted by Crippen LogP contribution is -2.53. The zero-order valence-corrected chi connectivity index (χ0v) is 21.2. The molecule has 1 heteroatoms. The van der Waals surface area contributed by atoms with Crippen LogP contribution in [0.15, 0.2) is 0 Å². The van der Waals surface area contributed by atoms with Crippen LogP contribution >= 0.6 is 0 Å². The van der Waals surface area contributed by atoms with Gasteiger partial charge in [-0.1, -0.05) is 48.5 Å². The number of hydrogen-bond acceptors (Lipinski definition) is 1. The fourth-order valence-electron chi connectivity index (χ4n) is 9.64. The topological polar surface area (TPSA) is 17.1 Å². The van der Waals surface area contributed by atoms with Crippen LogP contribution in [0.2, 0.25) is 0 Å². The molecule has 4 aliphatic rings. The predicted octanol–water partition coefficient (Wildman–Crippen LogP) is 8.17. The Morgan fingerprint density at radius 2 is 1.57 bits per heavy atom. The Kier molecular flexibility index (Phi) is 6.26. The van der Waals surface area contributed by atoms with Gasteiger partial charge in [-0.05, 0) is 115 Å². The average molecular weight is 415 g/mol. The largest absolute Gasteiger partial charge is 0.300 e. The number of fused-ring (bicyclic) bond motifs is 5. The molecule has 4 fully saturated rings. The molecule has 30 heavy (non-hydrogen) atoms. The van der Waals surface area contributed by atoms with E-state index in [1.807, 2.05) is 0 Å². The third-order valence-electron chi connectivity index (χ3n) is 11.9. The Bertz CT molecular complexity index is 636. The van der Waals surface area contributed by atoms with Gasteiger partial charge in [-0.25, -0.2) is 0 Å². The van der Waals surface area contributed by atoms with E-state index in [9.17, 15) is 4.79 Å². The summed E-state index contributed by atoms with van der Waals surface area (Å²) in [5.41, 5.74) is 1.04. The van der Waals surface area contributed by atoms with Crippen molar-refractivity contribution in [2.45, 2.75) is 113 Å². The van der Waals surface area contributed by atoms with Gasteiger partial charge in [0, 0.05) is 12.8 Å². The zero-order valence-electron chi connectivity index (χ0n) is 21.2. The number of carbonyl (C=O) groups is 1. The van der Waals surface area contributed by atoms with Crippen LogP contribution in [0.25, 0.3) is 0 Å². The molecule has 0 spiro atoms. The lowest BCUT2D eigenvalue weighted by Gasteiger charge is -2.60. The number of hydrogen-bond donors (Lipinski definition) is 0. The molecule has 0 bridgehead atoms. The molecule has 4 saturated carbocycles. The van der Waals surface area contributed by atoms with Crippen molar-refractivity contribution in [1.29, 1.82) is 0 Å². The van der Waals surface area contributed by atoms with Gasteiger partial charge < -0.3 is 0 Å². The van der Waals surface area contributed by atoms with Crippen molar-refractivity contribution in [3.63, 3.8) is 0 Å². The maximum Gasteiger partial charge on any atom is 0.133 e. The van der Waals surface area contributed by atoms with Crippen molar-refractivity contribution < 1.29 is 4.79 Å². The van der Waals surface area contributed by atoms with E-state index in [0.29, 0.717) is 22.5 Å². The van der Waals surface area contributed by atoms with Gasteiger partial charge in [-0.2, -0.15) is 0 Å². The first kappa shape index (κ1) is 22.8. The summed E-state index contributed by atoms with van der Waals surface area (Å²) in [6.07, 6.45) is 13.0. The summed E-state index contributed by atoms with van der Waals surface area (Å²) >= 11 is 0. The molecule has 172 valence electrons. The van der Waals surface area contributed by atoms with Gasteiger partial charge in [0.2, 0.25) is 0 Å². The van der Waals surface area contributed by atoms with E-state index in [-0.39, 0.29) is 0 Å². The Balaban J connectivity index is 1.48. The Hall–Kier alpha value is -0.330. The highest BCUT2D eigenvalue weighted by Crippen LogP contribution is 2.68. The van der Waals surface area contributed by atoms with Crippen molar-refractivity contribution in [1.82, 2.24) is 0 Å². The minimum absolute atomic E-state index is 0.461. The van der Waals surface area contributed by atoms with Gasteiger partial charge in [-0.3, -0.25) is 4.79 Å². The van der Waals surface area contributed by atoms with Crippen molar-refractivity contribution in [2.24, 2.45) is 64.1 Å². The van der Waals surface area contributed by atoms with Crippen molar-refractivity contribution >= 4 is 5.78 Å². The van der Waals surface area contributed by atoms with E-state index >= 15 is 0 Å². The van der Waals surface area contributed by atoms with Gasteiger partial charge in [-0.15, -0.1) is 0 Å². The predicted molar refractivity (Wildman–Crippen MR) is 127 cm³/mol. The molecule has 0 heterocycles. The highest BCUT2D eigenvalue weighted by molar-refractivity contribution is 5.79. The zero-order chi connectivity index (χ0) is 21.8. The highest BCUT2D eigenvalue weighted by Gasteiger charge is 2.60. The summed E-state index contributed by atoms with van der Waals surface area (Å²) in [5, 5.41) is 0. The van der Waals surface area contributed by atoms with E-state index < -0.39 is 0 Å². The monoisotopic (exact) mass is 414 g/mol. The summed E-state index contributed by atoms with van der Waals surface area (Å²) in [4.78, 5) is 12.1. The van der Waals surface area contributed by atoms with E-state index in [1.165, 1.54) is 51.4 Å². The molecule has 0 aliphatic heterocycles. The van der Waals surface area contributed by atoms with Crippen LogP contribution in [0, 0.1) is 64.1 Å². The summed E-state index contributed by atoms with van der Waals surface area (Å²) in [7, 11) is 0. The molecular formula is C29H50O. The third kappa shape index (κ3) is 3.63. The molecule has 0 amide bonds. The van der Waals surface area contributed by atoms with Gasteiger partial charge in [0.05, 0.1) is 0 Å². The fraction of sp³-hybridized carbons (Fsp3) is 0.966. The molecule has 4 aliphatic carbocycles. The van der Waals surface area contributed by atoms with Crippen LogP contribution in [0.3, 0.4) is 0 Å². The van der Waals surface area contributed by atoms with Gasteiger partial charge >= 0.3 is 0 Å². The first-order valence-electron chi connectivity index (χ1n) is 13.6. The number of ketones is 1. The average Bonchev–Trinajstić information content (AvgIpc) is 3.05. The molecule has 2 unspecified atom stereocenters. The molecule has 0 radical (unpaired) electrons. The van der Waals surface area contributed by atoms with E-state index in [1.54, 1.807) is 0 Å². The number of rotatable bonds is 5. The normalized spacial score (nSPS) is 46.7. The lowest BCUT2D eigenvalue weighted by atomic mass is 9.44. The molecular weight excluding hydrogens is 364 g/mol. The second-order valence-electron chi connectivity index (χ2n) is 13.4. The number of Topliss-reactive ketones (excluding diaryl/α,β-unsaturated/α-hetero) is 1. The smallest absolute Gasteiger partial charge is 0.133 e. The standard InChI is InChI=1S/C29H50O/c1-18(2)21(5)19(3)16-20(4)25-10-11-26-24-9-8-22-17-23(30)12-14-28(22,6)27(24)13-15-29(25,26)7/h18-22,24-27H,8-17H2,1-7H3/t19?,20-,21?,22+,24+,25-,26+,27+,28+,29-/m1/s1. The van der Waals surface area contributed by atoms with Crippen molar-refractivity contribution in [2.75, 3.05) is 0 Å². The van der Waals surface area contributed by atoms with E-state index in [2.05, 4.69) is 48.5 Å². The van der Waals surface area contributed by atoms with Crippen LogP contribution in [0.4, 0.5) is 0 Å². The lowest BCUT2D eigenvalue weighted by molar-refractivity contribution is -0.140. The molecule has 0 aromatic rings. The molecule has 0 aromatic heterocycles. The van der Waals surface area contributed by atoms with Gasteiger partial charge in [0.1, 0.15) is 5.78 Å². The van der Waals surface area contributed by atoms with Gasteiger partial charge in [0.15, 0.2) is 0 Å². The van der Waals surface area contributed by atoms with E-state index in [0.717, 1.165) is 60.2 Å². The summed E-state index contributed by atoms with van der Waals surface area (Å²) in [6, 6.07) is 0. The minimum Gasteiger partial charge on any atom is -0.300 e. The Labute approximate surface area is 187 Å². The first-order valence-corrected chi connectivity index (χ1v) is 13.6. The minimum atomic E-state index is 0.461. The molecule has 0 saturated heterocycles. The van der Waals surface area contributed by atoms with Crippen molar-refractivity contribution in [3.8, 4) is 0 Å². The SMILES string of the molecule is CC(C)C(C)C(C)C[C@@H](C)[C@H]1CC[C@H]2[C@@H]3CC[C@H]4CC(=O)CC[C@]4(C)[C@H]3CC[C@]12C. The quantitative estimate of drug-likeness (QED) is 0.443. The van der Waals surface area contributed by atoms with Crippen LogP contribution in [0.1, 0.15) is 113 Å². The Morgan fingerprint density at radius 1 is 0.867 bits per heavy atom. The second kappa shape index (κ2) is 8.22. The molecule has 0 N–H and O–H groups in total. The van der Waals surface area contributed by atoms with Crippen LogP contribution in [0.5, 0.6) is 0 Å². The molecule has 4 rings (SSSR count). The fourth-order valence-corrected chi connectivity index (χ4v) is 9.64. The summed E-state index contributed by atoms with van der Waals surface area (Å²) in [6.45, 7) is 17.7. The number of carbonyl (C=O) groups excluding carboxylic acids is 1. The summed E-state index contributed by atoms with van der Waals surface area (Å²) < 4.78 is 0. The van der Waals surface area contributed by atoms with Crippen LogP contribution < -0.4 is 0 Å². The molecule has 0 aromatic carbocycles. The highest BCUT2D eigenvalue weighted by atomic mass is 16.1. The van der Waals surface area contributed by atoms with E-state index in [4.69, 9.17) is 0 Å². The second-order valence-corrected chi connectivity index (χ2v) is 13.4. The van der Waals surface area contributed by atoms with Crippen LogP contribution in [-0.4, -0.2) is 5.78 Å².